The Morgan fingerprint density at radius 3 is 1.42 bits per heavy atom. The van der Waals surface area contributed by atoms with Crippen molar-refractivity contribution in [1.82, 2.24) is 4.90 Å². The van der Waals surface area contributed by atoms with Crippen LogP contribution in [0.4, 0.5) is 57.2 Å². The van der Waals surface area contributed by atoms with Gasteiger partial charge in [-0.3, -0.25) is 0 Å². The monoisotopic (exact) mass is 437 g/mol. The van der Waals surface area contributed by atoms with Crippen LogP contribution in [0.15, 0.2) is 0 Å². The van der Waals surface area contributed by atoms with Gasteiger partial charge in [0.05, 0.1) is 0 Å². The summed E-state index contributed by atoms with van der Waals surface area (Å²) < 4.78 is 191. The predicted octanol–water partition coefficient (Wildman–Crippen LogP) is 0.223. The minimum Gasteiger partial charge on any atom is -1.00 e. The maximum absolute atomic E-state index is 13.3. The van der Waals surface area contributed by atoms with E-state index in [1.165, 1.54) is 4.39 Å². The average Bonchev–Trinajstić information content (AvgIpc) is 2.34. The number of hydrogen-bond donors (Lipinski definition) is 0. The van der Waals surface area contributed by atoms with E-state index in [-0.39, 0.29) is 20.3 Å². The summed E-state index contributed by atoms with van der Waals surface area (Å²) in [7, 11) is -7.67. The van der Waals surface area contributed by atoms with Crippen molar-refractivity contribution in [2.75, 3.05) is 0 Å². The third-order valence-corrected chi connectivity index (χ3v) is 3.59. The third-order valence-electron chi connectivity index (χ3n) is 2.55. The Balaban J connectivity index is 0. The Morgan fingerprint density at radius 1 is 0.846 bits per heavy atom. The molecule has 152 valence electrons. The molecule has 1 saturated heterocycles. The molecule has 0 aromatic heterocycles. The van der Waals surface area contributed by atoms with Crippen LogP contribution in [0.1, 0.15) is 1.43 Å². The van der Waals surface area contributed by atoms with Gasteiger partial charge in [-0.15, -0.1) is 0 Å². The number of ether oxygens (including phenoxy) is 1. The second-order valence-electron chi connectivity index (χ2n) is 4.13. The van der Waals surface area contributed by atoms with Crippen LogP contribution in [-0.2, 0) is 19.2 Å². The number of rotatable bonds is 4. The van der Waals surface area contributed by atoms with E-state index < -0.39 is 50.6 Å². The van der Waals surface area contributed by atoms with Crippen molar-refractivity contribution in [2.45, 2.75) is 35.6 Å². The van der Waals surface area contributed by atoms with Crippen LogP contribution >= 0.6 is 0 Å². The van der Waals surface area contributed by atoms with E-state index >= 15 is 0 Å². The van der Waals surface area contributed by atoms with Gasteiger partial charge in [0.25, 0.3) is 0 Å². The van der Waals surface area contributed by atoms with Crippen LogP contribution in [-0.4, -0.2) is 48.9 Å². The van der Waals surface area contributed by atoms with Crippen LogP contribution in [0.3, 0.4) is 0 Å². The van der Waals surface area contributed by atoms with Gasteiger partial charge in [0.2, 0.25) is 0 Å². The van der Waals surface area contributed by atoms with Crippen LogP contribution in [0, 0.1) is 0 Å². The van der Waals surface area contributed by atoms with Gasteiger partial charge in [-0.05, 0) is 4.53 Å². The standard InChI is InChI=1S/C6F13NO4S.Li.H/c7-1(8)4(13,14)23-5(15,16)2(9,10)20(1)3(11,12)6(17,18)25(21,22)24-19;;/q;+1;-1. The maximum Gasteiger partial charge on any atom is 1.00 e. The molecule has 0 aromatic rings. The molecule has 0 aromatic carbocycles. The van der Waals surface area contributed by atoms with Crippen LogP contribution < -0.4 is 18.9 Å². The molecule has 0 bridgehead atoms. The molecule has 0 N–H and O–H groups in total. The zero-order chi connectivity index (χ0) is 20.5. The van der Waals surface area contributed by atoms with E-state index in [0.717, 1.165) is 0 Å². The van der Waals surface area contributed by atoms with Gasteiger partial charge < -0.3 is 1.43 Å². The van der Waals surface area contributed by atoms with Crippen LogP contribution in [0.2, 0.25) is 0 Å². The predicted molar refractivity (Wildman–Crippen MR) is 44.8 cm³/mol. The van der Waals surface area contributed by atoms with Crippen molar-refractivity contribution >= 4 is 10.1 Å². The molecule has 1 rings (SSSR count). The maximum atomic E-state index is 13.3. The summed E-state index contributed by atoms with van der Waals surface area (Å²) in [5, 5.41) is -7.47. The molecule has 0 atom stereocenters. The zero-order valence-electron chi connectivity index (χ0n) is 12.4. The first-order valence-electron chi connectivity index (χ1n) is 4.96. The average molecular weight is 437 g/mol. The normalized spacial score (nSPS) is 25.4. The minimum absolute atomic E-state index is 0. The molecule has 0 saturated carbocycles. The van der Waals surface area contributed by atoms with Gasteiger partial charge in [0, 0.05) is 0 Å². The number of alkyl halides is 12. The van der Waals surface area contributed by atoms with Crippen molar-refractivity contribution in [3.8, 4) is 0 Å². The van der Waals surface area contributed by atoms with Crippen molar-refractivity contribution < 1.29 is 95.0 Å². The Morgan fingerprint density at radius 2 is 1.15 bits per heavy atom. The van der Waals surface area contributed by atoms with Crippen LogP contribution in [0.5, 0.6) is 0 Å². The van der Waals surface area contributed by atoms with Crippen LogP contribution in [0.25, 0.3) is 0 Å². The van der Waals surface area contributed by atoms with Gasteiger partial charge in [-0.2, -0.15) is 61.1 Å². The Kier molecular flexibility index (Phi) is 6.15. The SMILES string of the molecule is O=S(=O)(OF)C(F)(F)C(F)(F)N1C(F)(F)C(F)(F)OC(F)(F)C1(F)F.[H-].[Li+]. The summed E-state index contributed by atoms with van der Waals surface area (Å²) in [6, 6.07) is -22.4. The Hall–Kier alpha value is -0.483. The number of nitrogens with zero attached hydrogens (tertiary/aromatic N) is 1. The molecule has 26 heavy (non-hydrogen) atoms. The van der Waals surface area contributed by atoms with E-state index in [2.05, 4.69) is 0 Å². The Labute approximate surface area is 146 Å². The number of hydrogen-bond acceptors (Lipinski definition) is 5. The van der Waals surface area contributed by atoms with E-state index in [0.29, 0.717) is 0 Å². The van der Waals surface area contributed by atoms with Crippen molar-refractivity contribution in [1.29, 1.82) is 0 Å². The molecule has 0 aliphatic carbocycles. The molecular formula is C6HF13LiNO4S. The van der Waals surface area contributed by atoms with E-state index in [1.807, 2.05) is 0 Å². The fourth-order valence-corrected chi connectivity index (χ4v) is 1.86. The first kappa shape index (κ1) is 25.5. The quantitative estimate of drug-likeness (QED) is 0.358. The van der Waals surface area contributed by atoms with Gasteiger partial charge >= 0.3 is 64.6 Å². The fraction of sp³-hybridized carbons (Fsp3) is 1.00. The first-order valence-corrected chi connectivity index (χ1v) is 6.36. The smallest absolute Gasteiger partial charge is 1.00 e. The molecule has 1 aliphatic heterocycles. The second kappa shape index (κ2) is 6.27. The van der Waals surface area contributed by atoms with Gasteiger partial charge in [-0.1, -0.05) is 9.29 Å². The van der Waals surface area contributed by atoms with E-state index in [1.54, 1.807) is 4.74 Å². The van der Waals surface area contributed by atoms with E-state index in [9.17, 15) is 65.6 Å². The van der Waals surface area contributed by atoms with Crippen molar-refractivity contribution in [3.63, 3.8) is 0 Å². The topological polar surface area (TPSA) is 55.8 Å². The molecule has 1 fully saturated rings. The molecule has 0 radical (unpaired) electrons. The van der Waals surface area contributed by atoms with E-state index in [4.69, 9.17) is 0 Å². The molecular weight excluding hydrogens is 436 g/mol. The molecule has 1 heterocycles. The summed E-state index contributed by atoms with van der Waals surface area (Å²) >= 11 is 0. The first-order chi connectivity index (χ1) is 10.6. The largest absolute Gasteiger partial charge is 1.00 e. The summed E-state index contributed by atoms with van der Waals surface area (Å²) in [5.41, 5.74) is 0. The summed E-state index contributed by atoms with van der Waals surface area (Å²) in [5.74, 6) is 0. The second-order valence-corrected chi connectivity index (χ2v) is 5.68. The molecule has 0 spiro atoms. The fourth-order valence-electron chi connectivity index (χ4n) is 1.39. The van der Waals surface area contributed by atoms with Crippen molar-refractivity contribution in [2.24, 2.45) is 0 Å². The third kappa shape index (κ3) is 3.05. The molecule has 20 heteroatoms. The van der Waals surface area contributed by atoms with Gasteiger partial charge in [0.15, 0.2) is 0 Å². The minimum atomic E-state index is -7.76. The zero-order valence-corrected chi connectivity index (χ0v) is 12.2. The molecule has 5 nitrogen and oxygen atoms in total. The van der Waals surface area contributed by atoms with Gasteiger partial charge in [0.1, 0.15) is 0 Å². The molecule has 0 amide bonds. The summed E-state index contributed by atoms with van der Waals surface area (Å²) in [4.78, 5) is -4.09. The molecule has 1 aliphatic rings. The summed E-state index contributed by atoms with van der Waals surface area (Å²) in [6.45, 7) is 0. The summed E-state index contributed by atoms with van der Waals surface area (Å²) in [6.07, 6.45) is -13.9. The Bertz CT molecular complexity index is 631. The van der Waals surface area contributed by atoms with Crippen molar-refractivity contribution in [3.05, 3.63) is 0 Å². The molecule has 0 unspecified atom stereocenters. The number of morpholine rings is 1. The van der Waals surface area contributed by atoms with Gasteiger partial charge in [-0.25, -0.2) is 4.74 Å². The number of halogens is 13.